The molecule has 0 aromatic carbocycles. The van der Waals surface area contributed by atoms with Crippen LogP contribution in [0.5, 0.6) is 0 Å². The van der Waals surface area contributed by atoms with E-state index < -0.39 is 102 Å². The number of nitrogens with one attached hydrogen (secondary N) is 6. The van der Waals surface area contributed by atoms with Crippen molar-refractivity contribution in [2.24, 2.45) is 34.5 Å². The Morgan fingerprint density at radius 1 is 0.264 bits per heavy atom. The van der Waals surface area contributed by atoms with Gasteiger partial charge in [0.25, 0.3) is 0 Å². The number of hydrogen-bond acceptors (Lipinski definition) is 38. The smallest absolute Gasteiger partial charge is 0.448 e. The predicted octanol–water partition coefficient (Wildman–Crippen LogP) is 12.3. The van der Waals surface area contributed by atoms with Crippen molar-refractivity contribution in [1.29, 1.82) is 0 Å². The van der Waals surface area contributed by atoms with Gasteiger partial charge in [-0.2, -0.15) is 0 Å². The Labute approximate surface area is 894 Å². The van der Waals surface area contributed by atoms with Crippen molar-refractivity contribution < 1.29 is 156 Å². The largest absolute Gasteiger partial charge is 0.500 e. The van der Waals surface area contributed by atoms with Gasteiger partial charge in [-0.05, 0) is 216 Å². The quantitative estimate of drug-likeness (QED) is 0.0187. The first-order valence-electron chi connectivity index (χ1n) is 53.7. The minimum absolute atomic E-state index is 0.0105. The van der Waals surface area contributed by atoms with E-state index in [2.05, 4.69) is 97.1 Å². The molecule has 4 atom stereocenters. The third-order valence-corrected chi connectivity index (χ3v) is 47.4. The van der Waals surface area contributed by atoms with Crippen LogP contribution >= 0.6 is 0 Å². The van der Waals surface area contributed by atoms with Gasteiger partial charge in [0.2, 0.25) is 0 Å². The molecule has 4 aliphatic carbocycles. The standard InChI is InChI=1S/C55H114N6O22Si4.C43H88N4O12Si2/c1-55(2,45-21-25-47(26-22-45)80-43-49(82-53(64)58-31-19-39-86(72-11,73-12)74-13)41-60(3)33-35-78-51(62)56-29-17-37-84(66-5,67-6)68-7)46-23-27-48(28-24-46)81-44-50(83-54(65)59-32-20-40-87(75-14,76-15)77-16)42-61(4)34-36-79-52(63)57-30-18-38-85(69-8,70-9)71-10;1-13-46(14-2)31-39(58-41(48)44-27-17-29-60(50-7,51-8)52-9)33-56-37-23-19-35(20-24-37)43(5,6)36-21-25-38(26-22-36)57-34-40(32-47(15-3)16-4)59-42(49)45-28-18-30-61(53-10,54-11)55-12/h45-50H,17-44H2,1-16H3,(H,56,62)(H,57,63)(H,58,64)(H,59,65);35-40H,13-34H2,1-12H3,(H,44,48)(H,45,49). The summed E-state index contributed by atoms with van der Waals surface area (Å²) in [5, 5.41) is 17.0. The summed E-state index contributed by atoms with van der Waals surface area (Å²) in [6, 6.07) is 3.31. The molecule has 0 aromatic heterocycles. The summed E-state index contributed by atoms with van der Waals surface area (Å²) in [4.78, 5) is 85.5. The molecule has 6 amide bonds. The van der Waals surface area contributed by atoms with Gasteiger partial charge in [-0.15, -0.1) is 0 Å². The van der Waals surface area contributed by atoms with Gasteiger partial charge < -0.3 is 169 Å². The fourth-order valence-electron chi connectivity index (χ4n) is 20.2. The number of hydrogen-bond donors (Lipinski definition) is 6. The Balaban J connectivity index is 0.000000808. The second kappa shape index (κ2) is 76.5. The maximum Gasteiger partial charge on any atom is 0.500 e. The van der Waals surface area contributed by atoms with Crippen LogP contribution in [0.15, 0.2) is 0 Å². The molecule has 148 heavy (non-hydrogen) atoms. The first-order valence-corrected chi connectivity index (χ1v) is 65.3. The lowest BCUT2D eigenvalue weighted by Gasteiger charge is -2.46. The molecule has 6 N–H and O–H groups in total. The van der Waals surface area contributed by atoms with Crippen LogP contribution in [0.2, 0.25) is 36.3 Å². The zero-order valence-corrected chi connectivity index (χ0v) is 102. The molecule has 0 bridgehead atoms. The molecule has 4 rings (SSSR count). The van der Waals surface area contributed by atoms with Gasteiger partial charge in [0, 0.05) is 243 Å². The molecule has 4 unspecified atom stereocenters. The molecule has 50 heteroatoms. The van der Waals surface area contributed by atoms with Crippen molar-refractivity contribution in [3.8, 4) is 0 Å². The third kappa shape index (κ3) is 51.5. The van der Waals surface area contributed by atoms with Gasteiger partial charge in [-0.1, -0.05) is 55.4 Å². The highest BCUT2D eigenvalue weighted by atomic mass is 28.4. The summed E-state index contributed by atoms with van der Waals surface area (Å²) >= 11 is 0. The highest BCUT2D eigenvalue weighted by Crippen LogP contribution is 2.51. The second-order valence-electron chi connectivity index (χ2n) is 39.7. The summed E-state index contributed by atoms with van der Waals surface area (Å²) in [7, 11) is 15.5. The summed E-state index contributed by atoms with van der Waals surface area (Å²) in [6.07, 6.45) is 15.2. The number of nitrogens with zero attached hydrogens (tertiary/aromatic N) is 4. The summed E-state index contributed by atoms with van der Waals surface area (Å²) in [5.74, 6) is 2.26. The van der Waals surface area contributed by atoms with E-state index in [0.717, 1.165) is 129 Å². The van der Waals surface area contributed by atoms with Crippen LogP contribution in [0.25, 0.3) is 0 Å². The number of amides is 6. The molecule has 0 saturated heterocycles. The van der Waals surface area contributed by atoms with Gasteiger partial charge in [0.05, 0.1) is 50.8 Å². The number of likely N-dealkylation sites (N-methyl/N-ethyl adjacent to an activating group) is 4. The lowest BCUT2D eigenvalue weighted by Crippen LogP contribution is -2.44. The molecular weight excluding hydrogens is 2030 g/mol. The van der Waals surface area contributed by atoms with E-state index in [1.54, 1.807) is 128 Å². The zero-order chi connectivity index (χ0) is 110. The van der Waals surface area contributed by atoms with Crippen molar-refractivity contribution in [3.63, 3.8) is 0 Å². The van der Waals surface area contributed by atoms with Gasteiger partial charge >= 0.3 is 89.4 Å². The number of alkyl carbamates (subject to hydrolysis) is 6. The normalized spacial score (nSPS) is 19.8. The molecular formula is C98H202N10O34Si6. The van der Waals surface area contributed by atoms with Gasteiger partial charge in [0.15, 0.2) is 0 Å². The van der Waals surface area contributed by atoms with E-state index in [9.17, 15) is 28.8 Å². The molecule has 0 aromatic rings. The number of ether oxygens (including phenoxy) is 10. The number of carbonyl (C=O) groups excluding carboxylic acids is 6. The lowest BCUT2D eigenvalue weighted by molar-refractivity contribution is -0.0667. The SMILES string of the molecule is CCN(CC)CC(COC1CCC(C(C)(C)C2CCC(OCC(CN(CC)CC)OC(=O)NCCC[Si](OC)(OC)OC)CC2)CC1)OC(=O)NCCC[Si](OC)(OC)OC.CO[Si](CCCNC(=O)OCCN(C)CC(COC1CCC(C(C)(C)C2CCC(OCC(CN(C)CCOC(=O)NCCC[Si](OC)(OC)OC)OC(=O)NCCC[Si](OC)(OC)OC)CC2)CC1)OC(=O)NCCC[Si](OC)(OC)OC)(OC)OC. The Bertz CT molecular complexity index is 3180. The molecule has 4 fully saturated rings. The van der Waals surface area contributed by atoms with Crippen LogP contribution < -0.4 is 31.9 Å². The second-order valence-corrected chi connectivity index (χ2v) is 58.2. The minimum Gasteiger partial charge on any atom is -0.448 e. The molecule has 872 valence electrons. The Hall–Kier alpha value is -4.12. The van der Waals surface area contributed by atoms with Crippen LogP contribution in [0.1, 0.15) is 197 Å². The molecule has 0 spiro atoms. The van der Waals surface area contributed by atoms with E-state index in [1.165, 1.54) is 0 Å². The Kier molecular flexibility index (Phi) is 71.4. The van der Waals surface area contributed by atoms with Crippen LogP contribution in [0.3, 0.4) is 0 Å². The molecule has 44 nitrogen and oxygen atoms in total. The Morgan fingerprint density at radius 2 is 0.432 bits per heavy atom. The Morgan fingerprint density at radius 3 is 0.601 bits per heavy atom. The average Bonchev–Trinajstić information content (AvgIpc) is 0.802. The van der Waals surface area contributed by atoms with E-state index in [-0.39, 0.29) is 73.9 Å². The van der Waals surface area contributed by atoms with Crippen LogP contribution in [0, 0.1) is 34.5 Å². The van der Waals surface area contributed by atoms with Crippen LogP contribution in [-0.2, 0) is 127 Å². The minimum atomic E-state index is -2.80. The molecule has 0 aliphatic heterocycles. The van der Waals surface area contributed by atoms with E-state index >= 15 is 0 Å². The van der Waals surface area contributed by atoms with Crippen LogP contribution in [-0.4, -0.2) is 444 Å². The first-order chi connectivity index (χ1) is 70.9. The van der Waals surface area contributed by atoms with Crippen molar-refractivity contribution in [2.45, 2.75) is 282 Å². The van der Waals surface area contributed by atoms with Crippen molar-refractivity contribution in [1.82, 2.24) is 51.5 Å². The van der Waals surface area contributed by atoms with Crippen molar-refractivity contribution >= 4 is 89.4 Å². The molecule has 0 heterocycles. The maximum atomic E-state index is 13.2. The highest BCUT2D eigenvalue weighted by Gasteiger charge is 2.47. The maximum absolute atomic E-state index is 13.2. The summed E-state index contributed by atoms with van der Waals surface area (Å²) in [5.41, 5.74) is 0.296. The lowest BCUT2D eigenvalue weighted by atomic mass is 9.60. The monoisotopic (exact) mass is 2230 g/mol. The van der Waals surface area contributed by atoms with Crippen LogP contribution in [0.4, 0.5) is 28.8 Å². The van der Waals surface area contributed by atoms with E-state index in [1.807, 2.05) is 23.9 Å². The van der Waals surface area contributed by atoms with E-state index in [4.69, 9.17) is 127 Å². The van der Waals surface area contributed by atoms with E-state index in [0.29, 0.717) is 190 Å². The molecule has 4 aliphatic rings. The van der Waals surface area contributed by atoms with Crippen molar-refractivity contribution in [3.05, 3.63) is 0 Å². The number of rotatable bonds is 80. The van der Waals surface area contributed by atoms with Gasteiger partial charge in [-0.3, -0.25) is 9.80 Å². The van der Waals surface area contributed by atoms with Crippen molar-refractivity contribution in [2.75, 3.05) is 286 Å². The predicted molar refractivity (Wildman–Crippen MR) is 574 cm³/mol. The summed E-state index contributed by atoms with van der Waals surface area (Å²) < 4.78 is 160. The molecule has 4 saturated carbocycles. The first kappa shape index (κ1) is 138. The summed E-state index contributed by atoms with van der Waals surface area (Å²) in [6.45, 7) is 28.2. The highest BCUT2D eigenvalue weighted by molar-refractivity contribution is 6.62. The zero-order valence-electron chi connectivity index (χ0n) is 96.0. The fraction of sp³-hybridized carbons (Fsp3) is 0.939. The van der Waals surface area contributed by atoms with Gasteiger partial charge in [-0.25, -0.2) is 28.8 Å². The number of carbonyl (C=O) groups is 6. The fourth-order valence-corrected chi connectivity index (χ4v) is 30.6. The third-order valence-electron chi connectivity index (χ3n) is 30.4. The average molecular weight is 2230 g/mol. The topological polar surface area (TPSA) is 446 Å². The van der Waals surface area contributed by atoms with Gasteiger partial charge in [0.1, 0.15) is 37.6 Å². The molecule has 0 radical (unpaired) electrons.